The summed E-state index contributed by atoms with van der Waals surface area (Å²) in [5, 5.41) is 0. The topological polar surface area (TPSA) is 118 Å². The number of carbonyl (C=O) groups is 2. The van der Waals surface area contributed by atoms with Gasteiger partial charge in [0.1, 0.15) is 11.6 Å². The third-order valence-electron chi connectivity index (χ3n) is 7.43. The molecule has 3 N–H and O–H groups in total. The number of imidazole rings is 1. The largest absolute Gasteiger partial charge is 0.372 e. The molecule has 0 atom stereocenters. The summed E-state index contributed by atoms with van der Waals surface area (Å²) < 4.78 is 0. The van der Waals surface area contributed by atoms with E-state index >= 15 is 0 Å². The molecule has 2 aliphatic rings. The number of aryl methyl sites for hydroxylation is 1. The maximum Gasteiger partial charge on any atom is 0.204 e. The van der Waals surface area contributed by atoms with Crippen LogP contribution in [0, 0.1) is 18.3 Å². The van der Waals surface area contributed by atoms with Gasteiger partial charge in [-0.15, -0.1) is 12.8 Å². The van der Waals surface area contributed by atoms with Gasteiger partial charge in [-0.25, -0.2) is 4.98 Å². The average Bonchev–Trinajstić information content (AvgIpc) is 3.62. The third kappa shape index (κ3) is 13.1. The number of nitrogens with two attached hydrogens (primary N) is 1. The molecule has 0 radical (unpaired) electrons. The number of nitrogens with zero attached hydrogens (tertiary/aromatic N) is 4. The molecule has 1 saturated carbocycles. The molecule has 1 spiro atoms. The van der Waals surface area contributed by atoms with Crippen LogP contribution in [0.5, 0.6) is 0 Å². The van der Waals surface area contributed by atoms with Gasteiger partial charge in [-0.2, -0.15) is 0 Å². The molecule has 1 aromatic carbocycles. The number of hydrogen-bond donors (Lipinski definition) is 2. The van der Waals surface area contributed by atoms with Crippen molar-refractivity contribution in [2.45, 2.75) is 91.4 Å². The van der Waals surface area contributed by atoms with E-state index in [0.717, 1.165) is 72.1 Å². The molecule has 1 aliphatic heterocycles. The highest BCUT2D eigenvalue weighted by Crippen LogP contribution is 2.53. The highest BCUT2D eigenvalue weighted by atomic mass is 16.1. The van der Waals surface area contributed by atoms with Crippen LogP contribution in [0.3, 0.4) is 0 Å². The van der Waals surface area contributed by atoms with Crippen LogP contribution in [0.25, 0.3) is 22.3 Å². The number of hydrogen-bond acceptors (Lipinski definition) is 6. The second kappa shape index (κ2) is 20.3. The highest BCUT2D eigenvalue weighted by molar-refractivity contribution is 5.80. The number of aromatic amines is 1. The Labute approximate surface area is 247 Å². The fraction of sp³-hybridized carbons (Fsp3) is 0.545. The van der Waals surface area contributed by atoms with Gasteiger partial charge in [-0.05, 0) is 76.2 Å². The molecule has 0 unspecified atom stereocenters. The van der Waals surface area contributed by atoms with E-state index in [2.05, 4.69) is 50.5 Å². The molecule has 8 nitrogen and oxygen atoms in total. The Hall–Kier alpha value is -3.57. The number of Topliss-reactive ketones (excluding diaryl/α,β-unsaturated/α-hetero) is 1. The van der Waals surface area contributed by atoms with E-state index < -0.39 is 0 Å². The number of amides is 1. The van der Waals surface area contributed by atoms with Crippen molar-refractivity contribution in [1.29, 1.82) is 0 Å². The van der Waals surface area contributed by atoms with Crippen molar-refractivity contribution in [1.82, 2.24) is 24.8 Å². The second-order valence-electron chi connectivity index (χ2n) is 10.2. The molecule has 0 bridgehead atoms. The number of unbranched alkanes of at least 4 members (excludes halogenated alkanes) is 3. The molecule has 5 rings (SSSR count). The van der Waals surface area contributed by atoms with Crippen LogP contribution in [0.2, 0.25) is 0 Å². The first-order valence-electron chi connectivity index (χ1n) is 14.9. The van der Waals surface area contributed by atoms with E-state index in [1.165, 1.54) is 38.8 Å². The number of ketones is 1. The summed E-state index contributed by atoms with van der Waals surface area (Å²) in [6.07, 6.45) is 26.2. The number of piperidine rings is 1. The number of terminal acetylenes is 1. The van der Waals surface area contributed by atoms with Gasteiger partial charge >= 0.3 is 0 Å². The van der Waals surface area contributed by atoms with Crippen LogP contribution >= 0.6 is 0 Å². The summed E-state index contributed by atoms with van der Waals surface area (Å²) in [5.74, 6) is 1.38. The van der Waals surface area contributed by atoms with E-state index in [9.17, 15) is 4.79 Å². The minimum absolute atomic E-state index is 0.250. The van der Waals surface area contributed by atoms with Crippen molar-refractivity contribution in [3.8, 4) is 24.1 Å². The van der Waals surface area contributed by atoms with Crippen molar-refractivity contribution in [3.63, 3.8) is 0 Å². The Bertz CT molecular complexity index is 1160. The maximum absolute atomic E-state index is 11.3. The minimum atomic E-state index is 0.250. The van der Waals surface area contributed by atoms with E-state index in [1.54, 1.807) is 12.4 Å². The van der Waals surface area contributed by atoms with Gasteiger partial charge in [0.15, 0.2) is 0 Å². The van der Waals surface area contributed by atoms with Crippen molar-refractivity contribution in [2.75, 3.05) is 20.1 Å². The zero-order chi connectivity index (χ0) is 30.5. The fourth-order valence-corrected chi connectivity index (χ4v) is 4.68. The van der Waals surface area contributed by atoms with Crippen LogP contribution < -0.4 is 5.73 Å². The van der Waals surface area contributed by atoms with Gasteiger partial charge in [0.2, 0.25) is 6.41 Å². The first-order chi connectivity index (χ1) is 20.0. The molecule has 2 aromatic heterocycles. The molecular weight excluding hydrogens is 512 g/mol. The molecular formula is C33H50N6O2. The maximum atomic E-state index is 11.3. The highest BCUT2D eigenvalue weighted by Gasteiger charge is 2.43. The van der Waals surface area contributed by atoms with Gasteiger partial charge in [-0.1, -0.05) is 39.7 Å². The first kappa shape index (κ1) is 35.5. The zero-order valence-corrected chi connectivity index (χ0v) is 25.6. The number of H-pyrrole nitrogens is 1. The Balaban J connectivity index is 0.000000431. The lowest BCUT2D eigenvalue weighted by Crippen LogP contribution is -2.30. The molecule has 3 heterocycles. The van der Waals surface area contributed by atoms with Gasteiger partial charge in [0.05, 0.1) is 22.9 Å². The lowest BCUT2D eigenvalue weighted by Gasteiger charge is -2.28. The van der Waals surface area contributed by atoms with E-state index in [-0.39, 0.29) is 6.41 Å². The van der Waals surface area contributed by atoms with Crippen molar-refractivity contribution >= 4 is 23.2 Å². The lowest BCUT2D eigenvalue weighted by atomic mass is 9.94. The Morgan fingerprint density at radius 2 is 1.61 bits per heavy atom. The second-order valence-corrected chi connectivity index (χ2v) is 10.2. The number of fused-ring (bicyclic) bond motifs is 1. The van der Waals surface area contributed by atoms with Crippen LogP contribution in [0.15, 0.2) is 36.8 Å². The number of nitrogens with one attached hydrogen (secondary N) is 1. The van der Waals surface area contributed by atoms with Gasteiger partial charge in [0, 0.05) is 37.2 Å². The summed E-state index contributed by atoms with van der Waals surface area (Å²) in [7, 11) is 2.23. The van der Waals surface area contributed by atoms with E-state index in [0.29, 0.717) is 12.2 Å². The van der Waals surface area contributed by atoms with E-state index in [4.69, 9.17) is 4.79 Å². The number of aromatic nitrogens is 4. The Morgan fingerprint density at radius 1 is 1.00 bits per heavy atom. The Morgan fingerprint density at radius 3 is 2.22 bits per heavy atom. The number of carbonyl (C=O) groups excluding carboxylic acids is 2. The fourth-order valence-electron chi connectivity index (χ4n) is 4.68. The summed E-state index contributed by atoms with van der Waals surface area (Å²) in [4.78, 5) is 38.8. The van der Waals surface area contributed by atoms with Gasteiger partial charge in [0.25, 0.3) is 0 Å². The molecule has 41 heavy (non-hydrogen) atoms. The van der Waals surface area contributed by atoms with E-state index in [1.807, 2.05) is 45.2 Å². The Kier molecular flexibility index (Phi) is 17.6. The average molecular weight is 563 g/mol. The van der Waals surface area contributed by atoms with Crippen molar-refractivity contribution in [3.05, 3.63) is 42.6 Å². The standard InChI is InChI=1S/C20H24N4O.C8H15N.C2H6.C2H2.CH3NO/c1-2-16(25)7-5-3-4-6-8-20-23-14-19(24-20)15-9-10-17-18(13-15)22-12-11-21-17;1-9-6-4-8(2-3-8)5-7-9;2*1-2;2-1-3/h9-14H,2-8H2,1H3,(H,23,24);2-7H2,1H3;1-2H3;1-2H;1H,(H2,2,3). The summed E-state index contributed by atoms with van der Waals surface area (Å²) in [6, 6.07) is 6.05. The minimum Gasteiger partial charge on any atom is -0.372 e. The quantitative estimate of drug-likeness (QED) is 0.178. The molecule has 8 heteroatoms. The van der Waals surface area contributed by atoms with Crippen LogP contribution in [-0.4, -0.2) is 57.2 Å². The lowest BCUT2D eigenvalue weighted by molar-refractivity contribution is -0.118. The smallest absolute Gasteiger partial charge is 0.204 e. The molecule has 1 saturated heterocycles. The summed E-state index contributed by atoms with van der Waals surface area (Å²) in [5.41, 5.74) is 8.90. The van der Waals surface area contributed by atoms with Crippen molar-refractivity contribution in [2.24, 2.45) is 11.1 Å². The van der Waals surface area contributed by atoms with Crippen molar-refractivity contribution < 1.29 is 9.59 Å². The summed E-state index contributed by atoms with van der Waals surface area (Å²) >= 11 is 0. The zero-order valence-electron chi connectivity index (χ0n) is 25.6. The number of benzene rings is 1. The number of primary amides is 1. The normalized spacial score (nSPS) is 14.5. The predicted molar refractivity (Wildman–Crippen MR) is 169 cm³/mol. The van der Waals surface area contributed by atoms with Gasteiger partial charge < -0.3 is 15.6 Å². The molecule has 2 fully saturated rings. The SMILES string of the molecule is C#C.CC.CCC(=O)CCCCCCc1ncc(-c2ccc3nccnc3c2)[nH]1.CN1CCC2(CC1)CC2.NC=O. The molecule has 3 aromatic rings. The first-order valence-corrected chi connectivity index (χ1v) is 14.9. The number of rotatable bonds is 9. The molecule has 1 aliphatic carbocycles. The van der Waals surface area contributed by atoms with Crippen LogP contribution in [0.1, 0.15) is 90.8 Å². The van der Waals surface area contributed by atoms with Crippen LogP contribution in [0.4, 0.5) is 0 Å². The predicted octanol–water partition coefficient (Wildman–Crippen LogP) is 6.36. The van der Waals surface area contributed by atoms with Crippen LogP contribution in [-0.2, 0) is 16.0 Å². The summed E-state index contributed by atoms with van der Waals surface area (Å²) in [6.45, 7) is 8.62. The third-order valence-corrected chi connectivity index (χ3v) is 7.43. The monoisotopic (exact) mass is 562 g/mol. The van der Waals surface area contributed by atoms with Gasteiger partial charge in [-0.3, -0.25) is 19.6 Å². The number of likely N-dealkylation sites (tertiary alicyclic amines) is 1. The molecule has 224 valence electrons. The molecule has 1 amide bonds.